The van der Waals surface area contributed by atoms with Gasteiger partial charge in [-0.05, 0) is 37.1 Å². The highest BCUT2D eigenvalue weighted by Gasteiger charge is 2.08. The highest BCUT2D eigenvalue weighted by atomic mass is 16.6. The largest absolute Gasteiger partial charge is 0.493 e. The van der Waals surface area contributed by atoms with Crippen LogP contribution in [0.1, 0.15) is 16.7 Å². The molecule has 0 saturated carbocycles. The number of benzene rings is 2. The number of aryl methyl sites for hydroxylation is 2. The summed E-state index contributed by atoms with van der Waals surface area (Å²) in [6.07, 6.45) is 0.197. The van der Waals surface area contributed by atoms with E-state index in [1.165, 1.54) is 12.6 Å². The molecular weight excluding hydrogens is 278 g/mol. The minimum absolute atomic E-state index is 0.470. The van der Waals surface area contributed by atoms with E-state index in [1.54, 1.807) is 6.07 Å². The first-order chi connectivity index (χ1) is 10.6. The molecule has 0 atom stereocenters. The summed E-state index contributed by atoms with van der Waals surface area (Å²) >= 11 is 0. The Labute approximate surface area is 131 Å². The molecule has 22 heavy (non-hydrogen) atoms. The van der Waals surface area contributed by atoms with E-state index in [9.17, 15) is 4.79 Å². The third-order valence-electron chi connectivity index (χ3n) is 3.34. The van der Waals surface area contributed by atoms with Crippen LogP contribution in [0, 0.1) is 13.8 Å². The Hall–Kier alpha value is -2.49. The van der Waals surface area contributed by atoms with Gasteiger partial charge in [-0.2, -0.15) is 0 Å². The average Bonchev–Trinajstić information content (AvgIpc) is 2.51. The van der Waals surface area contributed by atoms with Gasteiger partial charge in [0.15, 0.2) is 0 Å². The minimum Gasteiger partial charge on any atom is -0.493 e. The van der Waals surface area contributed by atoms with Crippen LogP contribution in [0.3, 0.4) is 0 Å². The maximum atomic E-state index is 11.3. The number of rotatable bonds is 5. The second kappa shape index (κ2) is 7.50. The number of carbonyl (C=O) groups is 1. The van der Waals surface area contributed by atoms with Crippen LogP contribution in [0.15, 0.2) is 42.5 Å². The molecule has 0 saturated heterocycles. The van der Waals surface area contributed by atoms with Crippen molar-refractivity contribution in [1.82, 2.24) is 5.32 Å². The van der Waals surface area contributed by atoms with Crippen LogP contribution in [-0.4, -0.2) is 19.7 Å². The maximum Gasteiger partial charge on any atom is 0.412 e. The van der Waals surface area contributed by atoms with Crippen molar-refractivity contribution < 1.29 is 14.3 Å². The average molecular weight is 299 g/mol. The summed E-state index contributed by atoms with van der Waals surface area (Å²) < 4.78 is 11.1. The molecule has 4 nitrogen and oxygen atoms in total. The van der Waals surface area contributed by atoms with Gasteiger partial charge in [-0.15, -0.1) is 0 Å². The Kier molecular flexibility index (Phi) is 5.42. The molecule has 0 aliphatic heterocycles. The molecule has 2 aromatic rings. The van der Waals surface area contributed by atoms with Gasteiger partial charge in [-0.25, -0.2) is 4.79 Å². The minimum atomic E-state index is -0.470. The molecule has 0 spiro atoms. The zero-order valence-corrected chi connectivity index (χ0v) is 13.2. The van der Waals surface area contributed by atoms with Crippen LogP contribution in [0.25, 0.3) is 0 Å². The number of carbonyl (C=O) groups excluding carboxylic acids is 1. The molecule has 0 radical (unpaired) electrons. The van der Waals surface area contributed by atoms with E-state index in [1.807, 2.05) is 37.3 Å². The van der Waals surface area contributed by atoms with Crippen LogP contribution in [0.2, 0.25) is 0 Å². The normalized spacial score (nSPS) is 10.1. The molecule has 0 heterocycles. The predicted octanol–water partition coefficient (Wildman–Crippen LogP) is 3.64. The van der Waals surface area contributed by atoms with Gasteiger partial charge in [0.05, 0.1) is 6.61 Å². The number of hydrogen-bond donors (Lipinski definition) is 1. The molecule has 1 amide bonds. The quantitative estimate of drug-likeness (QED) is 0.917. The molecule has 0 bridgehead atoms. The van der Waals surface area contributed by atoms with E-state index in [0.717, 1.165) is 16.9 Å². The third-order valence-corrected chi connectivity index (χ3v) is 3.34. The van der Waals surface area contributed by atoms with Gasteiger partial charge >= 0.3 is 6.09 Å². The molecule has 0 aromatic heterocycles. The molecule has 1 N–H and O–H groups in total. The van der Waals surface area contributed by atoms with Gasteiger partial charge < -0.3 is 14.8 Å². The summed E-state index contributed by atoms with van der Waals surface area (Å²) in [5, 5.41) is 2.44. The summed E-state index contributed by atoms with van der Waals surface area (Å²) in [5.41, 5.74) is 3.28. The predicted molar refractivity (Wildman–Crippen MR) is 86.6 cm³/mol. The number of amides is 1. The SMILES string of the molecule is CNC(=O)Oc1ccccc1CCOc1ccc(C)cc1C. The highest BCUT2D eigenvalue weighted by Crippen LogP contribution is 2.21. The van der Waals surface area contributed by atoms with Crippen molar-refractivity contribution in [3.63, 3.8) is 0 Å². The second-order valence-electron chi connectivity index (χ2n) is 5.11. The smallest absolute Gasteiger partial charge is 0.412 e. The zero-order chi connectivity index (χ0) is 15.9. The van der Waals surface area contributed by atoms with Crippen molar-refractivity contribution in [1.29, 1.82) is 0 Å². The van der Waals surface area contributed by atoms with Crippen molar-refractivity contribution in [3.8, 4) is 11.5 Å². The van der Waals surface area contributed by atoms with E-state index in [-0.39, 0.29) is 0 Å². The lowest BCUT2D eigenvalue weighted by molar-refractivity contribution is 0.202. The first kappa shape index (κ1) is 15.9. The maximum absolute atomic E-state index is 11.3. The van der Waals surface area contributed by atoms with Crippen molar-refractivity contribution in [2.45, 2.75) is 20.3 Å². The zero-order valence-electron chi connectivity index (χ0n) is 13.2. The Balaban J connectivity index is 1.98. The van der Waals surface area contributed by atoms with Crippen molar-refractivity contribution in [2.75, 3.05) is 13.7 Å². The van der Waals surface area contributed by atoms with Gasteiger partial charge in [0, 0.05) is 13.5 Å². The number of nitrogens with one attached hydrogen (secondary N) is 1. The highest BCUT2D eigenvalue weighted by molar-refractivity contribution is 5.70. The summed E-state index contributed by atoms with van der Waals surface area (Å²) in [7, 11) is 1.54. The Morgan fingerprint density at radius 1 is 1.09 bits per heavy atom. The topological polar surface area (TPSA) is 47.6 Å². The van der Waals surface area contributed by atoms with Crippen molar-refractivity contribution in [3.05, 3.63) is 59.2 Å². The molecule has 4 heteroatoms. The van der Waals surface area contributed by atoms with Crippen LogP contribution in [-0.2, 0) is 6.42 Å². The Bertz CT molecular complexity index is 653. The van der Waals surface area contributed by atoms with Crippen LogP contribution in [0.5, 0.6) is 11.5 Å². The van der Waals surface area contributed by atoms with Crippen LogP contribution >= 0.6 is 0 Å². The first-order valence-electron chi connectivity index (χ1n) is 7.27. The standard InChI is InChI=1S/C18H21NO3/c1-13-8-9-16(14(2)12-13)21-11-10-15-6-4-5-7-17(15)22-18(20)19-3/h4-9,12H,10-11H2,1-3H3,(H,19,20). The van der Waals surface area contributed by atoms with E-state index >= 15 is 0 Å². The lowest BCUT2D eigenvalue weighted by Crippen LogP contribution is -2.22. The second-order valence-corrected chi connectivity index (χ2v) is 5.11. The van der Waals surface area contributed by atoms with E-state index in [4.69, 9.17) is 9.47 Å². The molecule has 2 rings (SSSR count). The van der Waals surface area contributed by atoms with Gasteiger partial charge in [0.2, 0.25) is 0 Å². The number of para-hydroxylation sites is 1. The molecule has 0 unspecified atom stereocenters. The molecule has 0 aliphatic carbocycles. The fraction of sp³-hybridized carbons (Fsp3) is 0.278. The molecule has 0 fully saturated rings. The monoisotopic (exact) mass is 299 g/mol. The van der Waals surface area contributed by atoms with Gasteiger partial charge in [-0.3, -0.25) is 0 Å². The molecule has 2 aromatic carbocycles. The van der Waals surface area contributed by atoms with Gasteiger partial charge in [-0.1, -0.05) is 35.9 Å². The first-order valence-corrected chi connectivity index (χ1v) is 7.27. The summed E-state index contributed by atoms with van der Waals surface area (Å²) in [6.45, 7) is 4.62. The fourth-order valence-corrected chi connectivity index (χ4v) is 2.19. The summed E-state index contributed by atoms with van der Waals surface area (Å²) in [5.74, 6) is 1.45. The molecular formula is C18H21NO3. The number of hydrogen-bond acceptors (Lipinski definition) is 3. The van der Waals surface area contributed by atoms with Gasteiger partial charge in [0.25, 0.3) is 0 Å². The third kappa shape index (κ3) is 4.25. The van der Waals surface area contributed by atoms with E-state index in [0.29, 0.717) is 18.8 Å². The van der Waals surface area contributed by atoms with E-state index < -0.39 is 6.09 Å². The fourth-order valence-electron chi connectivity index (χ4n) is 2.19. The lowest BCUT2D eigenvalue weighted by Gasteiger charge is -2.12. The summed E-state index contributed by atoms with van der Waals surface area (Å²) in [6, 6.07) is 13.6. The van der Waals surface area contributed by atoms with Crippen LogP contribution in [0.4, 0.5) is 4.79 Å². The molecule has 116 valence electrons. The molecule has 0 aliphatic rings. The van der Waals surface area contributed by atoms with Crippen molar-refractivity contribution in [2.24, 2.45) is 0 Å². The lowest BCUT2D eigenvalue weighted by atomic mass is 10.1. The van der Waals surface area contributed by atoms with Crippen LogP contribution < -0.4 is 14.8 Å². The van der Waals surface area contributed by atoms with Gasteiger partial charge in [0.1, 0.15) is 11.5 Å². The Morgan fingerprint density at radius 2 is 1.86 bits per heavy atom. The van der Waals surface area contributed by atoms with E-state index in [2.05, 4.69) is 18.3 Å². The Morgan fingerprint density at radius 3 is 2.59 bits per heavy atom. The summed E-state index contributed by atoms with van der Waals surface area (Å²) in [4.78, 5) is 11.3. The van der Waals surface area contributed by atoms with Crippen molar-refractivity contribution >= 4 is 6.09 Å². The number of ether oxygens (including phenoxy) is 2.